The summed E-state index contributed by atoms with van der Waals surface area (Å²) in [4.78, 5) is 4.27. The number of oxazole rings is 1. The molecule has 0 saturated carbocycles. The number of hydrogen-bond donors (Lipinski definition) is 1. The van der Waals surface area contributed by atoms with Crippen molar-refractivity contribution in [3.63, 3.8) is 0 Å². The van der Waals surface area contributed by atoms with Gasteiger partial charge in [-0.25, -0.2) is 4.98 Å². The Balaban J connectivity index is 2.08. The van der Waals surface area contributed by atoms with Crippen LogP contribution >= 0.6 is 11.8 Å². The number of nitrogen functional groups attached to an aromatic ring is 1. The highest BCUT2D eigenvalue weighted by Gasteiger charge is 2.10. The molecule has 1 heterocycles. The highest BCUT2D eigenvalue weighted by atomic mass is 32.2. The van der Waals surface area contributed by atoms with Gasteiger partial charge in [-0.15, -0.1) is 0 Å². The molecule has 0 aliphatic rings. The lowest BCUT2D eigenvalue weighted by atomic mass is 10.1. The third-order valence-electron chi connectivity index (χ3n) is 2.28. The van der Waals surface area contributed by atoms with Gasteiger partial charge in [-0.3, -0.25) is 0 Å². The monoisotopic (exact) mass is 234 g/mol. The predicted octanol–water partition coefficient (Wildman–Crippen LogP) is 3.42. The molecule has 0 saturated heterocycles. The van der Waals surface area contributed by atoms with Crippen LogP contribution < -0.4 is 5.73 Å². The molecule has 0 spiro atoms. The predicted molar refractivity (Wildman–Crippen MR) is 66.4 cm³/mol. The third kappa shape index (κ3) is 2.58. The lowest BCUT2D eigenvalue weighted by molar-refractivity contribution is 0.453. The summed E-state index contributed by atoms with van der Waals surface area (Å²) >= 11 is 1.60. The number of benzene rings is 1. The minimum Gasteiger partial charge on any atom is -0.440 e. The Morgan fingerprint density at radius 2 is 2.00 bits per heavy atom. The van der Waals surface area contributed by atoms with Crippen LogP contribution in [0.4, 0.5) is 5.69 Å². The van der Waals surface area contributed by atoms with Crippen LogP contribution in [0.5, 0.6) is 0 Å². The van der Waals surface area contributed by atoms with Crippen LogP contribution in [0.3, 0.4) is 0 Å². The summed E-state index contributed by atoms with van der Waals surface area (Å²) in [5.41, 5.74) is 8.56. The van der Waals surface area contributed by atoms with Gasteiger partial charge in [0.15, 0.2) is 0 Å². The minimum atomic E-state index is 0.304. The Hall–Kier alpha value is -1.42. The molecule has 4 heteroatoms. The molecular weight excluding hydrogens is 220 g/mol. The second kappa shape index (κ2) is 4.61. The Labute approximate surface area is 99.1 Å². The average molecular weight is 234 g/mol. The van der Waals surface area contributed by atoms with Crippen molar-refractivity contribution in [1.29, 1.82) is 0 Å². The van der Waals surface area contributed by atoms with E-state index < -0.39 is 0 Å². The molecule has 0 bridgehead atoms. The molecule has 0 fully saturated rings. The summed E-state index contributed by atoms with van der Waals surface area (Å²) in [6.45, 7) is 4.04. The van der Waals surface area contributed by atoms with E-state index in [9.17, 15) is 0 Å². The maximum Gasteiger partial charge on any atom is 0.256 e. The van der Waals surface area contributed by atoms with Crippen LogP contribution in [-0.2, 0) is 0 Å². The first kappa shape index (κ1) is 11.1. The van der Waals surface area contributed by atoms with Gasteiger partial charge in [0.1, 0.15) is 6.26 Å². The number of anilines is 1. The van der Waals surface area contributed by atoms with Crippen LogP contribution in [0.2, 0.25) is 0 Å². The first-order valence-corrected chi connectivity index (χ1v) is 5.97. The molecule has 2 rings (SSSR count). The summed E-state index contributed by atoms with van der Waals surface area (Å²) in [7, 11) is 0. The van der Waals surface area contributed by atoms with Crippen molar-refractivity contribution >= 4 is 17.4 Å². The van der Waals surface area contributed by atoms with Gasteiger partial charge in [-0.05, 0) is 31.5 Å². The van der Waals surface area contributed by atoms with Gasteiger partial charge in [0.25, 0.3) is 5.22 Å². The second-order valence-electron chi connectivity index (χ2n) is 3.68. The lowest BCUT2D eigenvalue weighted by Gasteiger charge is -2.08. The van der Waals surface area contributed by atoms with Gasteiger partial charge in [0, 0.05) is 10.9 Å². The number of nitrogens with two attached hydrogens (primary N) is 1. The number of rotatable bonds is 3. The molecule has 1 unspecified atom stereocenters. The van der Waals surface area contributed by atoms with Crippen LogP contribution in [0, 0.1) is 6.92 Å². The summed E-state index contributed by atoms with van der Waals surface area (Å²) in [5.74, 6) is 0. The number of thioether (sulfide) groups is 1. The average Bonchev–Trinajstić information content (AvgIpc) is 2.65. The van der Waals surface area contributed by atoms with E-state index in [2.05, 4.69) is 11.9 Å². The summed E-state index contributed by atoms with van der Waals surface area (Å²) in [6, 6.07) is 7.88. The summed E-state index contributed by atoms with van der Waals surface area (Å²) in [5, 5.41) is 1.01. The zero-order valence-corrected chi connectivity index (χ0v) is 10.1. The first-order valence-electron chi connectivity index (χ1n) is 5.09. The maximum atomic E-state index is 5.65. The molecule has 0 aliphatic carbocycles. The molecule has 1 aromatic carbocycles. The molecule has 1 aromatic heterocycles. The Bertz CT molecular complexity index is 464. The molecule has 0 amide bonds. The van der Waals surface area contributed by atoms with Crippen LogP contribution in [0.1, 0.15) is 23.4 Å². The first-order chi connectivity index (χ1) is 7.65. The van der Waals surface area contributed by atoms with Crippen molar-refractivity contribution in [1.82, 2.24) is 4.98 Å². The van der Waals surface area contributed by atoms with Crippen LogP contribution in [0.25, 0.3) is 0 Å². The molecule has 2 N–H and O–H groups in total. The fraction of sp³-hybridized carbons (Fsp3) is 0.250. The highest BCUT2D eigenvalue weighted by molar-refractivity contribution is 7.99. The molecule has 0 aliphatic heterocycles. The number of aromatic nitrogens is 1. The van der Waals surface area contributed by atoms with Gasteiger partial charge >= 0.3 is 0 Å². The van der Waals surface area contributed by atoms with E-state index in [-0.39, 0.29) is 0 Å². The van der Waals surface area contributed by atoms with Gasteiger partial charge < -0.3 is 10.2 Å². The SMILES string of the molecule is Cc1coc(SC(C)c2ccc(N)cc2)n1. The van der Waals surface area contributed by atoms with Crippen molar-refractivity contribution < 1.29 is 4.42 Å². The van der Waals surface area contributed by atoms with Crippen LogP contribution in [-0.4, -0.2) is 4.98 Å². The maximum absolute atomic E-state index is 5.65. The highest BCUT2D eigenvalue weighted by Crippen LogP contribution is 2.34. The standard InChI is InChI=1S/C12H14N2OS/c1-8-7-15-12(14-8)16-9(2)10-3-5-11(13)6-4-10/h3-7,9H,13H2,1-2H3. The van der Waals surface area contributed by atoms with Crippen LogP contribution in [0.15, 0.2) is 40.2 Å². The molecule has 16 heavy (non-hydrogen) atoms. The van der Waals surface area contributed by atoms with Crippen molar-refractivity contribution in [3.8, 4) is 0 Å². The molecule has 2 aromatic rings. The fourth-order valence-corrected chi connectivity index (χ4v) is 2.27. The summed E-state index contributed by atoms with van der Waals surface area (Å²) in [6.07, 6.45) is 1.66. The molecule has 0 radical (unpaired) electrons. The summed E-state index contributed by atoms with van der Waals surface area (Å²) < 4.78 is 5.31. The largest absolute Gasteiger partial charge is 0.440 e. The van der Waals surface area contributed by atoms with E-state index in [1.807, 2.05) is 31.2 Å². The van der Waals surface area contributed by atoms with E-state index in [1.165, 1.54) is 5.56 Å². The van der Waals surface area contributed by atoms with E-state index in [4.69, 9.17) is 10.2 Å². The minimum absolute atomic E-state index is 0.304. The quantitative estimate of drug-likeness (QED) is 0.653. The zero-order chi connectivity index (χ0) is 11.5. The fourth-order valence-electron chi connectivity index (χ4n) is 1.37. The third-order valence-corrected chi connectivity index (χ3v) is 3.30. The molecule has 3 nitrogen and oxygen atoms in total. The van der Waals surface area contributed by atoms with Crippen molar-refractivity contribution in [3.05, 3.63) is 41.8 Å². The number of hydrogen-bond acceptors (Lipinski definition) is 4. The van der Waals surface area contributed by atoms with Gasteiger partial charge in [0.2, 0.25) is 0 Å². The second-order valence-corrected chi connectivity index (χ2v) is 4.97. The van der Waals surface area contributed by atoms with Gasteiger partial charge in [-0.2, -0.15) is 0 Å². The molecule has 84 valence electrons. The topological polar surface area (TPSA) is 52.0 Å². The van der Waals surface area contributed by atoms with Crippen molar-refractivity contribution in [2.75, 3.05) is 5.73 Å². The Morgan fingerprint density at radius 1 is 1.31 bits per heavy atom. The van der Waals surface area contributed by atoms with Gasteiger partial charge in [-0.1, -0.05) is 23.9 Å². The zero-order valence-electron chi connectivity index (χ0n) is 9.31. The van der Waals surface area contributed by atoms with Gasteiger partial charge in [0.05, 0.1) is 5.69 Å². The number of aryl methyl sites for hydroxylation is 1. The normalized spacial score (nSPS) is 12.6. The smallest absolute Gasteiger partial charge is 0.256 e. The van der Waals surface area contributed by atoms with E-state index in [0.29, 0.717) is 10.5 Å². The molecule has 1 atom stereocenters. The van der Waals surface area contributed by atoms with E-state index >= 15 is 0 Å². The van der Waals surface area contributed by atoms with E-state index in [0.717, 1.165) is 11.4 Å². The Kier molecular flexibility index (Phi) is 3.19. The van der Waals surface area contributed by atoms with Crippen molar-refractivity contribution in [2.45, 2.75) is 24.3 Å². The van der Waals surface area contributed by atoms with E-state index in [1.54, 1.807) is 18.0 Å². The molecular formula is C12H14N2OS. The Morgan fingerprint density at radius 3 is 2.56 bits per heavy atom. The number of nitrogens with zero attached hydrogens (tertiary/aromatic N) is 1. The lowest BCUT2D eigenvalue weighted by Crippen LogP contribution is -1.90. The van der Waals surface area contributed by atoms with Crippen molar-refractivity contribution in [2.24, 2.45) is 0 Å².